The predicted molar refractivity (Wildman–Crippen MR) is 51.6 cm³/mol. The molecule has 1 aliphatic rings. The summed E-state index contributed by atoms with van der Waals surface area (Å²) < 4.78 is 4.30. The molecule has 13 heavy (non-hydrogen) atoms. The molecule has 1 aliphatic heterocycles. The molecule has 0 spiro atoms. The van der Waals surface area contributed by atoms with Crippen LogP contribution in [0.15, 0.2) is 0 Å². The highest BCUT2D eigenvalue weighted by atomic mass is 32.1. The smallest absolute Gasteiger partial charge is 0.219 e. The molecular weight excluding hydrogens is 184 g/mol. The van der Waals surface area contributed by atoms with Crippen molar-refractivity contribution < 1.29 is 4.79 Å². The lowest BCUT2D eigenvalue weighted by Gasteiger charge is -2.25. The molecular formula is C9H12N2OS. The number of aryl methyl sites for hydroxylation is 1. The summed E-state index contributed by atoms with van der Waals surface area (Å²) in [5.41, 5.74) is 2.36. The molecule has 1 aromatic rings. The summed E-state index contributed by atoms with van der Waals surface area (Å²) in [7, 11) is 0. The van der Waals surface area contributed by atoms with Crippen molar-refractivity contribution in [3.8, 4) is 0 Å². The highest BCUT2D eigenvalue weighted by Gasteiger charge is 2.21. The number of hydrogen-bond donors (Lipinski definition) is 0. The van der Waals surface area contributed by atoms with Gasteiger partial charge < -0.3 is 4.90 Å². The van der Waals surface area contributed by atoms with Crippen molar-refractivity contribution in [3.05, 3.63) is 16.1 Å². The molecule has 3 nitrogen and oxygen atoms in total. The monoisotopic (exact) mass is 196 g/mol. The number of fused-ring (bicyclic) bond motifs is 1. The van der Waals surface area contributed by atoms with Crippen molar-refractivity contribution in [3.63, 3.8) is 0 Å². The van der Waals surface area contributed by atoms with E-state index in [1.54, 1.807) is 18.5 Å². The minimum Gasteiger partial charge on any atom is -0.338 e. The standard InChI is InChI=1S/C9H12N2OS/c1-6-8-5-11(7(2)12)4-3-9(8)13-10-6/h3-5H2,1-2H3. The summed E-state index contributed by atoms with van der Waals surface area (Å²) in [4.78, 5) is 14.4. The fourth-order valence-electron chi connectivity index (χ4n) is 1.61. The number of carbonyl (C=O) groups excluding carboxylic acids is 1. The van der Waals surface area contributed by atoms with Crippen LogP contribution in [0.25, 0.3) is 0 Å². The minimum atomic E-state index is 0.163. The van der Waals surface area contributed by atoms with Gasteiger partial charge in [-0.25, -0.2) is 0 Å². The van der Waals surface area contributed by atoms with Crippen LogP contribution in [0, 0.1) is 6.92 Å². The highest BCUT2D eigenvalue weighted by molar-refractivity contribution is 7.06. The average molecular weight is 196 g/mol. The van der Waals surface area contributed by atoms with Crippen LogP contribution in [0.4, 0.5) is 0 Å². The lowest BCUT2D eigenvalue weighted by molar-refractivity contribution is -0.129. The maximum absolute atomic E-state index is 11.2. The van der Waals surface area contributed by atoms with Crippen LogP contribution in [-0.4, -0.2) is 21.7 Å². The summed E-state index contributed by atoms with van der Waals surface area (Å²) in [6.07, 6.45) is 0.973. The molecule has 0 unspecified atom stereocenters. The van der Waals surface area contributed by atoms with Crippen molar-refractivity contribution in [2.24, 2.45) is 0 Å². The van der Waals surface area contributed by atoms with Gasteiger partial charge in [0.05, 0.1) is 5.69 Å². The topological polar surface area (TPSA) is 33.2 Å². The molecule has 0 N–H and O–H groups in total. The third-order valence-electron chi connectivity index (χ3n) is 2.47. The van der Waals surface area contributed by atoms with E-state index in [0.29, 0.717) is 0 Å². The Morgan fingerprint density at radius 2 is 2.38 bits per heavy atom. The third kappa shape index (κ3) is 1.46. The van der Waals surface area contributed by atoms with Gasteiger partial charge in [-0.2, -0.15) is 4.37 Å². The number of hydrogen-bond acceptors (Lipinski definition) is 3. The van der Waals surface area contributed by atoms with Gasteiger partial charge in [-0.3, -0.25) is 4.79 Å². The average Bonchev–Trinajstić information content (AvgIpc) is 2.47. The zero-order valence-electron chi connectivity index (χ0n) is 7.83. The van der Waals surface area contributed by atoms with Gasteiger partial charge in [-0.15, -0.1) is 0 Å². The van der Waals surface area contributed by atoms with Crippen LogP contribution in [-0.2, 0) is 17.8 Å². The van der Waals surface area contributed by atoms with E-state index in [1.165, 1.54) is 10.4 Å². The van der Waals surface area contributed by atoms with Crippen molar-refractivity contribution in [2.45, 2.75) is 26.8 Å². The Balaban J connectivity index is 2.27. The lowest BCUT2D eigenvalue weighted by Crippen LogP contribution is -2.33. The van der Waals surface area contributed by atoms with Crippen molar-refractivity contribution in [1.82, 2.24) is 9.27 Å². The Morgan fingerprint density at radius 3 is 3.08 bits per heavy atom. The predicted octanol–water partition coefficient (Wildman–Crippen LogP) is 1.36. The molecule has 2 rings (SSSR count). The summed E-state index contributed by atoms with van der Waals surface area (Å²) in [6.45, 7) is 5.25. The normalized spacial score (nSPS) is 15.7. The molecule has 0 fully saturated rings. The number of aromatic nitrogens is 1. The van der Waals surface area contributed by atoms with E-state index >= 15 is 0 Å². The quantitative estimate of drug-likeness (QED) is 0.627. The Kier molecular flexibility index (Phi) is 2.07. The maximum Gasteiger partial charge on any atom is 0.219 e. The molecule has 0 saturated heterocycles. The fourth-order valence-corrected chi connectivity index (χ4v) is 2.47. The lowest BCUT2D eigenvalue weighted by atomic mass is 10.1. The van der Waals surface area contributed by atoms with Gasteiger partial charge in [0, 0.05) is 36.9 Å². The van der Waals surface area contributed by atoms with Gasteiger partial charge in [-0.1, -0.05) is 0 Å². The van der Waals surface area contributed by atoms with E-state index in [9.17, 15) is 4.79 Å². The van der Waals surface area contributed by atoms with Crippen molar-refractivity contribution in [1.29, 1.82) is 0 Å². The first-order valence-electron chi connectivity index (χ1n) is 4.38. The second kappa shape index (κ2) is 3.10. The molecule has 1 aromatic heterocycles. The Labute approximate surface area is 81.5 Å². The second-order valence-electron chi connectivity index (χ2n) is 3.36. The highest BCUT2D eigenvalue weighted by Crippen LogP contribution is 2.25. The Bertz CT molecular complexity index is 345. The van der Waals surface area contributed by atoms with E-state index in [-0.39, 0.29) is 5.91 Å². The number of amides is 1. The first-order chi connectivity index (χ1) is 6.18. The summed E-state index contributed by atoms with van der Waals surface area (Å²) in [5.74, 6) is 0.163. The first-order valence-corrected chi connectivity index (χ1v) is 5.15. The SMILES string of the molecule is CC(=O)N1CCc2snc(C)c2C1. The molecule has 70 valence electrons. The largest absolute Gasteiger partial charge is 0.338 e. The van der Waals surface area contributed by atoms with Crippen LogP contribution < -0.4 is 0 Å². The summed E-state index contributed by atoms with van der Waals surface area (Å²) in [5, 5.41) is 0. The molecule has 0 saturated carbocycles. The Morgan fingerprint density at radius 1 is 1.62 bits per heavy atom. The van der Waals surface area contributed by atoms with Gasteiger partial charge in [0.1, 0.15) is 0 Å². The molecule has 0 aliphatic carbocycles. The molecule has 0 atom stereocenters. The zero-order valence-corrected chi connectivity index (χ0v) is 8.65. The van der Waals surface area contributed by atoms with Gasteiger partial charge in [0.25, 0.3) is 0 Å². The van der Waals surface area contributed by atoms with E-state index in [2.05, 4.69) is 4.37 Å². The van der Waals surface area contributed by atoms with Crippen LogP contribution in [0.3, 0.4) is 0 Å². The van der Waals surface area contributed by atoms with Gasteiger partial charge >= 0.3 is 0 Å². The molecule has 0 radical (unpaired) electrons. The second-order valence-corrected chi connectivity index (χ2v) is 4.22. The third-order valence-corrected chi connectivity index (χ3v) is 3.51. The van der Waals surface area contributed by atoms with Gasteiger partial charge in [0.15, 0.2) is 0 Å². The molecule has 0 aromatic carbocycles. The number of rotatable bonds is 0. The van der Waals surface area contributed by atoms with Gasteiger partial charge in [-0.05, 0) is 18.5 Å². The van der Waals surface area contributed by atoms with E-state index in [4.69, 9.17) is 0 Å². The van der Waals surface area contributed by atoms with Gasteiger partial charge in [0.2, 0.25) is 5.91 Å². The molecule has 2 heterocycles. The van der Waals surface area contributed by atoms with E-state index in [0.717, 1.165) is 25.2 Å². The molecule has 0 bridgehead atoms. The van der Waals surface area contributed by atoms with Crippen LogP contribution in [0.5, 0.6) is 0 Å². The summed E-state index contributed by atoms with van der Waals surface area (Å²) >= 11 is 1.58. The zero-order chi connectivity index (χ0) is 9.42. The van der Waals surface area contributed by atoms with Crippen molar-refractivity contribution >= 4 is 17.4 Å². The Hall–Kier alpha value is -0.900. The van der Waals surface area contributed by atoms with E-state index < -0.39 is 0 Å². The number of carbonyl (C=O) groups is 1. The van der Waals surface area contributed by atoms with Crippen LogP contribution in [0.2, 0.25) is 0 Å². The van der Waals surface area contributed by atoms with E-state index in [1.807, 2.05) is 11.8 Å². The fraction of sp³-hybridized carbons (Fsp3) is 0.556. The van der Waals surface area contributed by atoms with Crippen LogP contribution in [0.1, 0.15) is 23.1 Å². The van der Waals surface area contributed by atoms with Crippen LogP contribution >= 0.6 is 11.5 Å². The summed E-state index contributed by atoms with van der Waals surface area (Å²) in [6, 6.07) is 0. The molecule has 4 heteroatoms. The molecule has 1 amide bonds. The minimum absolute atomic E-state index is 0.163. The maximum atomic E-state index is 11.2. The first kappa shape index (κ1) is 8.69. The van der Waals surface area contributed by atoms with Crippen molar-refractivity contribution in [2.75, 3.05) is 6.54 Å². The number of nitrogens with zero attached hydrogens (tertiary/aromatic N) is 2.